The Morgan fingerprint density at radius 2 is 1.70 bits per heavy atom. The molecule has 0 spiro atoms. The van der Waals surface area contributed by atoms with Crippen molar-refractivity contribution in [2.45, 2.75) is 31.2 Å². The van der Waals surface area contributed by atoms with E-state index in [1.165, 1.54) is 11.5 Å². The lowest BCUT2D eigenvalue weighted by molar-refractivity contribution is -0.337. The first-order valence-electron chi connectivity index (χ1n) is 7.10. The minimum atomic E-state index is -6.00. The molecule has 0 bridgehead atoms. The molecule has 152 valence electrons. The van der Waals surface area contributed by atoms with Gasteiger partial charge in [0.25, 0.3) is 11.4 Å². The zero-order chi connectivity index (χ0) is 21.2. The molecule has 0 aromatic heterocycles. The van der Waals surface area contributed by atoms with Crippen LogP contribution in [0.2, 0.25) is 5.02 Å². The van der Waals surface area contributed by atoms with E-state index < -0.39 is 46.8 Å². The Bertz CT molecular complexity index is 709. The van der Waals surface area contributed by atoms with Gasteiger partial charge in [0, 0.05) is 5.02 Å². The zero-order valence-corrected chi connectivity index (χ0v) is 14.6. The smallest absolute Gasteiger partial charge is 0.422 e. The van der Waals surface area contributed by atoms with E-state index >= 15 is 0 Å². The molecule has 3 N–H and O–H groups in total. The molecule has 0 heterocycles. The normalized spacial score (nSPS) is 12.5. The Morgan fingerprint density at radius 3 is 2.07 bits per heavy atom. The zero-order valence-electron chi connectivity index (χ0n) is 13.8. The van der Waals surface area contributed by atoms with Crippen LogP contribution in [0.25, 0.3) is 0 Å². The second-order valence-corrected chi connectivity index (χ2v) is 5.60. The minimum Gasteiger partial charge on any atom is -0.496 e. The molecule has 0 aliphatic carbocycles. The van der Waals surface area contributed by atoms with Crippen LogP contribution in [0.5, 0.6) is 5.75 Å². The molecule has 1 aromatic rings. The van der Waals surface area contributed by atoms with Gasteiger partial charge >= 0.3 is 18.4 Å². The summed E-state index contributed by atoms with van der Waals surface area (Å²) in [5, 5.41) is -1.03. The summed E-state index contributed by atoms with van der Waals surface area (Å²) >= 11 is 5.68. The number of hydrogen-bond donors (Lipinski definition) is 2. The molecule has 1 aromatic carbocycles. The molecule has 0 unspecified atom stereocenters. The molecule has 0 aliphatic heterocycles. The number of halogens is 7. The van der Waals surface area contributed by atoms with Gasteiger partial charge in [-0.15, -0.1) is 0 Å². The average molecular weight is 422 g/mol. The van der Waals surface area contributed by atoms with Crippen molar-refractivity contribution in [2.75, 3.05) is 7.11 Å². The van der Waals surface area contributed by atoms with Crippen molar-refractivity contribution in [3.63, 3.8) is 0 Å². The number of benzene rings is 1. The number of hydrogen-bond acceptors (Lipinski definition) is 3. The number of carbonyl (C=O) groups excluding carboxylic acids is 2. The molecule has 0 saturated heterocycles. The summed E-state index contributed by atoms with van der Waals surface area (Å²) in [6.45, 7) is 0.545. The molecule has 0 saturated carbocycles. The summed E-state index contributed by atoms with van der Waals surface area (Å²) < 4.78 is 85.1. The number of urea groups is 1. The first-order valence-corrected chi connectivity index (χ1v) is 7.48. The Balaban J connectivity index is 3.51. The van der Waals surface area contributed by atoms with Crippen molar-refractivity contribution in [3.8, 4) is 5.75 Å². The van der Waals surface area contributed by atoms with E-state index in [4.69, 9.17) is 22.1 Å². The van der Waals surface area contributed by atoms with Crippen LogP contribution in [0.1, 0.15) is 23.7 Å². The summed E-state index contributed by atoms with van der Waals surface area (Å²) in [6, 6.07) is 1.20. The van der Waals surface area contributed by atoms with E-state index in [0.717, 1.165) is 19.2 Å². The molecule has 13 heteroatoms. The average Bonchev–Trinajstić information content (AvgIpc) is 2.51. The molecule has 27 heavy (non-hydrogen) atoms. The maximum Gasteiger partial charge on any atom is 0.422 e. The van der Waals surface area contributed by atoms with E-state index in [2.05, 4.69) is 0 Å². The summed E-state index contributed by atoms with van der Waals surface area (Å²) in [5.74, 6) is -1.72. The van der Waals surface area contributed by atoms with Crippen molar-refractivity contribution in [1.82, 2.24) is 10.4 Å². The number of ether oxygens (including phenoxy) is 1. The van der Waals surface area contributed by atoms with E-state index in [0.29, 0.717) is 6.92 Å². The Kier molecular flexibility index (Phi) is 6.47. The maximum absolute atomic E-state index is 13.4. The highest BCUT2D eigenvalue weighted by Gasteiger charge is 2.74. The van der Waals surface area contributed by atoms with Gasteiger partial charge in [-0.1, -0.05) is 18.5 Å². The third-order valence-corrected chi connectivity index (χ3v) is 3.91. The van der Waals surface area contributed by atoms with E-state index in [9.17, 15) is 35.9 Å². The Hall–Kier alpha value is -2.37. The summed E-state index contributed by atoms with van der Waals surface area (Å²) in [7, 11) is 1.10. The number of rotatable bonds is 4. The lowest BCUT2D eigenvalue weighted by Crippen LogP contribution is -2.73. The number of amides is 3. The van der Waals surface area contributed by atoms with E-state index in [1.807, 2.05) is 0 Å². The van der Waals surface area contributed by atoms with Crippen molar-refractivity contribution < 1.29 is 40.7 Å². The lowest BCUT2D eigenvalue weighted by Gasteiger charge is -2.43. The molecule has 0 aliphatic rings. The number of carbonyl (C=O) groups is 2. The molecule has 0 radical (unpaired) electrons. The summed E-state index contributed by atoms with van der Waals surface area (Å²) in [6.07, 6.45) is -13.7. The first kappa shape index (κ1) is 22.7. The van der Waals surface area contributed by atoms with Gasteiger partial charge in [-0.25, -0.2) is 9.80 Å². The number of hydrazine groups is 1. The fourth-order valence-electron chi connectivity index (χ4n) is 2.33. The van der Waals surface area contributed by atoms with Gasteiger partial charge in [0.05, 0.1) is 12.7 Å². The van der Waals surface area contributed by atoms with Crippen molar-refractivity contribution in [3.05, 3.63) is 28.8 Å². The second-order valence-electron chi connectivity index (χ2n) is 5.17. The molecule has 0 atom stereocenters. The number of nitrogens with zero attached hydrogens (tertiary/aromatic N) is 1. The van der Waals surface area contributed by atoms with Crippen LogP contribution in [0.3, 0.4) is 0 Å². The van der Waals surface area contributed by atoms with Gasteiger partial charge in [0.15, 0.2) is 0 Å². The first-order chi connectivity index (χ1) is 12.2. The number of alkyl halides is 6. The van der Waals surface area contributed by atoms with Crippen LogP contribution in [-0.4, -0.2) is 41.9 Å². The van der Waals surface area contributed by atoms with Gasteiger partial charge in [-0.2, -0.15) is 26.3 Å². The van der Waals surface area contributed by atoms with Crippen LogP contribution in [-0.2, 0) is 0 Å². The Morgan fingerprint density at radius 1 is 1.19 bits per heavy atom. The highest BCUT2D eigenvalue weighted by molar-refractivity contribution is 6.31. The quantitative estimate of drug-likeness (QED) is 0.575. The van der Waals surface area contributed by atoms with Crippen LogP contribution >= 0.6 is 11.6 Å². The summed E-state index contributed by atoms with van der Waals surface area (Å²) in [5.41, 5.74) is 0.763. The largest absolute Gasteiger partial charge is 0.496 e. The van der Waals surface area contributed by atoms with E-state index in [1.54, 1.807) is 0 Å². The summed E-state index contributed by atoms with van der Waals surface area (Å²) in [4.78, 5) is 23.7. The maximum atomic E-state index is 13.4. The number of nitrogens with one attached hydrogen (secondary N) is 1. The van der Waals surface area contributed by atoms with Crippen molar-refractivity contribution in [2.24, 2.45) is 5.73 Å². The minimum absolute atomic E-state index is 0.0556. The molecule has 6 nitrogen and oxygen atoms in total. The van der Waals surface area contributed by atoms with Gasteiger partial charge in [0.2, 0.25) is 0 Å². The number of methoxy groups -OCH3 is 1. The number of primary amides is 1. The van der Waals surface area contributed by atoms with Crippen molar-refractivity contribution in [1.29, 1.82) is 0 Å². The van der Waals surface area contributed by atoms with Crippen LogP contribution in [0.15, 0.2) is 18.2 Å². The Labute approximate surface area is 154 Å². The van der Waals surface area contributed by atoms with E-state index in [-0.39, 0.29) is 10.8 Å². The standard InChI is InChI=1S/C14H14ClF6N3O3/c1-3-12(13(16,17)18,14(19,20)21)24(11(22)26)23-10(25)8-6-7(15)4-5-9(8)27-2/h4-6H,3H2,1-2H3,(H2,22,26)(H,23,25). The number of nitrogens with two attached hydrogens (primary N) is 1. The fourth-order valence-corrected chi connectivity index (χ4v) is 2.50. The fraction of sp³-hybridized carbons (Fsp3) is 0.429. The highest BCUT2D eigenvalue weighted by Crippen LogP contribution is 2.48. The van der Waals surface area contributed by atoms with Gasteiger partial charge in [-0.3, -0.25) is 10.2 Å². The SMILES string of the molecule is CCC(N(NC(=O)c1cc(Cl)ccc1OC)C(N)=O)(C(F)(F)F)C(F)(F)F. The predicted molar refractivity (Wildman–Crippen MR) is 82.0 cm³/mol. The third kappa shape index (κ3) is 4.15. The second kappa shape index (κ2) is 7.71. The topological polar surface area (TPSA) is 84.7 Å². The predicted octanol–water partition coefficient (Wildman–Crippen LogP) is 3.65. The monoisotopic (exact) mass is 421 g/mol. The van der Waals surface area contributed by atoms with Crippen molar-refractivity contribution >= 4 is 23.5 Å². The third-order valence-electron chi connectivity index (χ3n) is 3.67. The lowest BCUT2D eigenvalue weighted by atomic mass is 9.93. The molecule has 3 amide bonds. The molecular weight excluding hydrogens is 408 g/mol. The molecule has 0 fully saturated rings. The van der Waals surface area contributed by atoms with Gasteiger partial charge in [0.1, 0.15) is 5.75 Å². The van der Waals surface area contributed by atoms with Crippen LogP contribution < -0.4 is 15.9 Å². The van der Waals surface area contributed by atoms with Gasteiger partial charge < -0.3 is 10.5 Å². The highest BCUT2D eigenvalue weighted by atomic mass is 35.5. The molecular formula is C14H14ClF6N3O3. The van der Waals surface area contributed by atoms with Gasteiger partial charge in [-0.05, 0) is 24.6 Å². The van der Waals surface area contributed by atoms with Crippen LogP contribution in [0, 0.1) is 0 Å². The van der Waals surface area contributed by atoms with Crippen LogP contribution in [0.4, 0.5) is 31.1 Å². The molecule has 1 rings (SSSR count).